The summed E-state index contributed by atoms with van der Waals surface area (Å²) in [5, 5.41) is 21.1. The summed E-state index contributed by atoms with van der Waals surface area (Å²) in [6.07, 6.45) is 2.02. The van der Waals surface area contributed by atoms with E-state index in [1.165, 1.54) is 11.3 Å². The molecule has 1 aromatic carbocycles. The van der Waals surface area contributed by atoms with Gasteiger partial charge < -0.3 is 0 Å². The molecular formula is C15H16N4OS. The molecule has 1 N–H and O–H groups in total. The summed E-state index contributed by atoms with van der Waals surface area (Å²) < 4.78 is 0. The van der Waals surface area contributed by atoms with Crippen LogP contribution in [0.1, 0.15) is 53.5 Å². The molecule has 0 saturated carbocycles. The van der Waals surface area contributed by atoms with Gasteiger partial charge in [-0.3, -0.25) is 10.1 Å². The predicted molar refractivity (Wildman–Crippen MR) is 82.3 cm³/mol. The number of aromatic nitrogens is 2. The summed E-state index contributed by atoms with van der Waals surface area (Å²) in [6.45, 7) is 4.23. The minimum Gasteiger partial charge on any atom is -0.296 e. The van der Waals surface area contributed by atoms with Gasteiger partial charge in [0, 0.05) is 11.5 Å². The van der Waals surface area contributed by atoms with Gasteiger partial charge in [-0.1, -0.05) is 25.2 Å². The lowest BCUT2D eigenvalue weighted by molar-refractivity contribution is 0.102. The van der Waals surface area contributed by atoms with Gasteiger partial charge in [-0.15, -0.1) is 10.2 Å². The minimum absolute atomic E-state index is 0.244. The maximum Gasteiger partial charge on any atom is 0.257 e. The second-order valence-corrected chi connectivity index (χ2v) is 5.61. The molecule has 0 aliphatic carbocycles. The van der Waals surface area contributed by atoms with E-state index in [-0.39, 0.29) is 5.91 Å². The molecule has 1 amide bonds. The van der Waals surface area contributed by atoms with Gasteiger partial charge in [0.1, 0.15) is 5.01 Å². The number of anilines is 1. The third-order valence-corrected chi connectivity index (χ3v) is 4.27. The molecule has 0 bridgehead atoms. The van der Waals surface area contributed by atoms with E-state index in [1.807, 2.05) is 6.07 Å². The van der Waals surface area contributed by atoms with Crippen molar-refractivity contribution in [3.63, 3.8) is 0 Å². The Bertz CT molecular complexity index is 653. The minimum atomic E-state index is -0.244. The fourth-order valence-corrected chi connectivity index (χ4v) is 2.96. The van der Waals surface area contributed by atoms with E-state index in [2.05, 4.69) is 29.4 Å². The quantitative estimate of drug-likeness (QED) is 0.915. The number of carbonyl (C=O) groups excluding carboxylic acids is 1. The van der Waals surface area contributed by atoms with Crippen molar-refractivity contribution >= 4 is 22.4 Å². The number of rotatable bonds is 5. The number of benzene rings is 1. The van der Waals surface area contributed by atoms with E-state index in [0.29, 0.717) is 22.2 Å². The normalized spacial score (nSPS) is 10.4. The summed E-state index contributed by atoms with van der Waals surface area (Å²) in [7, 11) is 0. The highest BCUT2D eigenvalue weighted by Crippen LogP contribution is 2.28. The predicted octanol–water partition coefficient (Wildman–Crippen LogP) is 3.57. The lowest BCUT2D eigenvalue weighted by Gasteiger charge is -2.05. The molecule has 21 heavy (non-hydrogen) atoms. The van der Waals surface area contributed by atoms with Crippen LogP contribution in [0.25, 0.3) is 0 Å². The fourth-order valence-electron chi connectivity index (χ4n) is 1.95. The third kappa shape index (κ3) is 3.64. The Morgan fingerprint density at radius 1 is 1.29 bits per heavy atom. The Morgan fingerprint density at radius 2 is 1.95 bits per heavy atom. The van der Waals surface area contributed by atoms with Crippen LogP contribution in [0.4, 0.5) is 5.13 Å². The number of hydrogen-bond donors (Lipinski definition) is 1. The molecule has 5 nitrogen and oxygen atoms in total. The first-order valence-electron chi connectivity index (χ1n) is 6.82. The highest BCUT2D eigenvalue weighted by molar-refractivity contribution is 7.15. The number of hydrogen-bond acceptors (Lipinski definition) is 5. The van der Waals surface area contributed by atoms with Gasteiger partial charge in [0.15, 0.2) is 0 Å². The average Bonchev–Trinajstić information content (AvgIpc) is 2.97. The van der Waals surface area contributed by atoms with Gasteiger partial charge in [-0.05, 0) is 37.1 Å². The number of nitriles is 1. The molecule has 1 heterocycles. The first-order valence-corrected chi connectivity index (χ1v) is 7.64. The molecule has 0 atom stereocenters. The number of nitrogens with one attached hydrogen (secondary N) is 1. The number of amides is 1. The fraction of sp³-hybridized carbons (Fsp3) is 0.333. The van der Waals surface area contributed by atoms with Gasteiger partial charge in [0.05, 0.1) is 11.6 Å². The largest absolute Gasteiger partial charge is 0.296 e. The van der Waals surface area contributed by atoms with E-state index in [4.69, 9.17) is 5.26 Å². The Kier molecular flexibility index (Phi) is 5.01. The summed E-state index contributed by atoms with van der Waals surface area (Å²) in [4.78, 5) is 12.1. The van der Waals surface area contributed by atoms with Crippen LogP contribution < -0.4 is 5.32 Å². The first kappa shape index (κ1) is 15.1. The van der Waals surface area contributed by atoms with E-state index in [0.717, 1.165) is 17.8 Å². The lowest BCUT2D eigenvalue weighted by Crippen LogP contribution is -2.11. The SMILES string of the molecule is CCC(CC)c1nnc(NC(=O)c2ccc(C#N)cc2)s1. The zero-order valence-electron chi connectivity index (χ0n) is 12.0. The lowest BCUT2D eigenvalue weighted by atomic mass is 10.1. The number of nitrogens with zero attached hydrogens (tertiary/aromatic N) is 3. The number of carbonyl (C=O) groups is 1. The standard InChI is InChI=1S/C15H16N4OS/c1-3-11(4-2)14-18-19-15(21-14)17-13(20)12-7-5-10(9-16)6-8-12/h5-8,11H,3-4H2,1-2H3,(H,17,19,20). The van der Waals surface area contributed by atoms with Crippen molar-refractivity contribution in [2.75, 3.05) is 5.32 Å². The maximum absolute atomic E-state index is 12.1. The van der Waals surface area contributed by atoms with Crippen LogP contribution in [0.2, 0.25) is 0 Å². The van der Waals surface area contributed by atoms with Crippen molar-refractivity contribution < 1.29 is 4.79 Å². The van der Waals surface area contributed by atoms with Crippen LogP contribution in [0.15, 0.2) is 24.3 Å². The smallest absolute Gasteiger partial charge is 0.257 e. The summed E-state index contributed by atoms with van der Waals surface area (Å²) >= 11 is 1.41. The zero-order valence-corrected chi connectivity index (χ0v) is 12.8. The van der Waals surface area contributed by atoms with Crippen LogP contribution in [0.5, 0.6) is 0 Å². The molecule has 0 aliphatic rings. The Hall–Kier alpha value is -2.26. The molecule has 0 unspecified atom stereocenters. The average molecular weight is 300 g/mol. The van der Waals surface area contributed by atoms with Crippen molar-refractivity contribution in [1.82, 2.24) is 10.2 Å². The molecule has 0 radical (unpaired) electrons. The van der Waals surface area contributed by atoms with Crippen molar-refractivity contribution in [3.8, 4) is 6.07 Å². The molecule has 0 spiro atoms. The Balaban J connectivity index is 2.07. The summed E-state index contributed by atoms with van der Waals surface area (Å²) in [5.74, 6) is 0.148. The van der Waals surface area contributed by atoms with Crippen LogP contribution in [0, 0.1) is 11.3 Å². The molecule has 0 fully saturated rings. The topological polar surface area (TPSA) is 78.7 Å². The van der Waals surface area contributed by atoms with E-state index in [1.54, 1.807) is 24.3 Å². The van der Waals surface area contributed by atoms with E-state index < -0.39 is 0 Å². The summed E-state index contributed by atoms with van der Waals surface area (Å²) in [6, 6.07) is 8.49. The first-order chi connectivity index (χ1) is 10.2. The molecule has 0 saturated heterocycles. The van der Waals surface area contributed by atoms with Crippen molar-refractivity contribution in [2.45, 2.75) is 32.6 Å². The second kappa shape index (κ2) is 6.95. The van der Waals surface area contributed by atoms with Crippen molar-refractivity contribution in [3.05, 3.63) is 40.4 Å². The van der Waals surface area contributed by atoms with Crippen LogP contribution in [-0.4, -0.2) is 16.1 Å². The highest BCUT2D eigenvalue weighted by Gasteiger charge is 2.15. The van der Waals surface area contributed by atoms with Gasteiger partial charge >= 0.3 is 0 Å². The molecule has 2 rings (SSSR count). The van der Waals surface area contributed by atoms with Gasteiger partial charge in [-0.2, -0.15) is 5.26 Å². The summed E-state index contributed by atoms with van der Waals surface area (Å²) in [5.41, 5.74) is 1.02. The zero-order chi connectivity index (χ0) is 15.2. The Labute approximate surface area is 127 Å². The Morgan fingerprint density at radius 3 is 2.52 bits per heavy atom. The molecular weight excluding hydrogens is 284 g/mol. The molecule has 108 valence electrons. The van der Waals surface area contributed by atoms with Crippen molar-refractivity contribution in [2.24, 2.45) is 0 Å². The van der Waals surface area contributed by atoms with E-state index >= 15 is 0 Å². The van der Waals surface area contributed by atoms with Gasteiger partial charge in [0.2, 0.25) is 5.13 Å². The maximum atomic E-state index is 12.1. The van der Waals surface area contributed by atoms with Crippen LogP contribution in [-0.2, 0) is 0 Å². The molecule has 6 heteroatoms. The van der Waals surface area contributed by atoms with Gasteiger partial charge in [0.25, 0.3) is 5.91 Å². The third-order valence-electron chi connectivity index (χ3n) is 3.27. The molecule has 1 aromatic heterocycles. The van der Waals surface area contributed by atoms with Crippen LogP contribution in [0.3, 0.4) is 0 Å². The van der Waals surface area contributed by atoms with E-state index in [9.17, 15) is 4.79 Å². The highest BCUT2D eigenvalue weighted by atomic mass is 32.1. The van der Waals surface area contributed by atoms with Crippen molar-refractivity contribution in [1.29, 1.82) is 5.26 Å². The van der Waals surface area contributed by atoms with Crippen LogP contribution >= 0.6 is 11.3 Å². The molecule has 2 aromatic rings. The molecule has 0 aliphatic heterocycles. The monoisotopic (exact) mass is 300 g/mol. The van der Waals surface area contributed by atoms with Gasteiger partial charge in [-0.25, -0.2) is 0 Å². The second-order valence-electron chi connectivity index (χ2n) is 4.60.